The number of ether oxygens (including phenoxy) is 1. The van der Waals surface area contributed by atoms with Crippen molar-refractivity contribution in [2.24, 2.45) is 0 Å². The van der Waals surface area contributed by atoms with Crippen LogP contribution in [0.15, 0.2) is 24.3 Å². The van der Waals surface area contributed by atoms with Crippen LogP contribution in [0.1, 0.15) is 0 Å². The van der Waals surface area contributed by atoms with Crippen molar-refractivity contribution in [1.82, 2.24) is 0 Å². The zero-order chi connectivity index (χ0) is 16.7. The Hall–Kier alpha value is -1.74. The molecular weight excluding hydrogens is 352 g/mol. The second-order valence-electron chi connectivity index (χ2n) is 4.07. The largest absolute Gasteiger partial charge is 0.534 e. The molecule has 0 N–H and O–H groups in total. The first-order valence-electron chi connectivity index (χ1n) is 5.53. The highest BCUT2D eigenvalue weighted by Gasteiger charge is 2.49. The number of alkyl halides is 3. The molecule has 0 saturated carbocycles. The van der Waals surface area contributed by atoms with E-state index in [4.69, 9.17) is 16.3 Å². The average molecular weight is 359 g/mol. The zero-order valence-electron chi connectivity index (χ0n) is 10.7. The van der Waals surface area contributed by atoms with Gasteiger partial charge in [-0.1, -0.05) is 17.7 Å². The third-order valence-electron chi connectivity index (χ3n) is 2.66. The van der Waals surface area contributed by atoms with Crippen LogP contribution in [0.4, 0.5) is 17.6 Å². The van der Waals surface area contributed by atoms with Crippen LogP contribution in [0, 0.1) is 5.82 Å². The van der Waals surface area contributed by atoms with Crippen molar-refractivity contribution in [1.29, 1.82) is 0 Å². The lowest BCUT2D eigenvalue weighted by atomic mass is 10.1. The SMILES string of the molecule is COc1cc(Cl)c2c(OS(=O)(=O)C(F)(F)F)c(F)ccc2c1. The highest BCUT2D eigenvalue weighted by molar-refractivity contribution is 7.88. The average Bonchev–Trinajstić information content (AvgIpc) is 2.40. The van der Waals surface area contributed by atoms with Gasteiger partial charge in [0.15, 0.2) is 11.6 Å². The molecule has 0 aromatic heterocycles. The van der Waals surface area contributed by atoms with Crippen molar-refractivity contribution >= 4 is 32.5 Å². The fourth-order valence-corrected chi connectivity index (χ4v) is 2.47. The summed E-state index contributed by atoms with van der Waals surface area (Å²) in [6.07, 6.45) is 0. The molecule has 0 saturated heterocycles. The third-order valence-corrected chi connectivity index (χ3v) is 3.91. The van der Waals surface area contributed by atoms with Crippen molar-refractivity contribution in [3.8, 4) is 11.5 Å². The molecule has 0 fully saturated rings. The summed E-state index contributed by atoms with van der Waals surface area (Å²) in [5.41, 5.74) is -5.69. The first-order valence-corrected chi connectivity index (χ1v) is 7.32. The van der Waals surface area contributed by atoms with E-state index in [1.807, 2.05) is 0 Å². The summed E-state index contributed by atoms with van der Waals surface area (Å²) in [7, 11) is -4.70. The summed E-state index contributed by atoms with van der Waals surface area (Å²) in [4.78, 5) is 0. The number of methoxy groups -OCH3 is 1. The molecule has 120 valence electrons. The molecule has 0 amide bonds. The molecule has 0 aliphatic heterocycles. The molecule has 2 aromatic carbocycles. The maximum Gasteiger partial charge on any atom is 0.534 e. The highest BCUT2D eigenvalue weighted by Crippen LogP contribution is 2.39. The second kappa shape index (κ2) is 5.47. The number of hydrogen-bond donors (Lipinski definition) is 0. The van der Waals surface area contributed by atoms with Gasteiger partial charge in [0, 0.05) is 5.39 Å². The first-order chi connectivity index (χ1) is 10.1. The number of hydrogen-bond acceptors (Lipinski definition) is 4. The van der Waals surface area contributed by atoms with Crippen LogP contribution >= 0.6 is 11.6 Å². The summed E-state index contributed by atoms with van der Waals surface area (Å²) in [5, 5.41) is -0.380. The first kappa shape index (κ1) is 16.6. The van der Waals surface area contributed by atoms with Crippen LogP contribution < -0.4 is 8.92 Å². The summed E-state index contributed by atoms with van der Waals surface area (Å²) < 4.78 is 81.9. The van der Waals surface area contributed by atoms with Crippen molar-refractivity contribution in [3.63, 3.8) is 0 Å². The Kier molecular flexibility index (Phi) is 4.14. The van der Waals surface area contributed by atoms with Gasteiger partial charge < -0.3 is 8.92 Å². The van der Waals surface area contributed by atoms with E-state index >= 15 is 0 Å². The van der Waals surface area contributed by atoms with E-state index in [0.717, 1.165) is 6.07 Å². The monoisotopic (exact) mass is 358 g/mol. The normalized spacial score (nSPS) is 12.5. The summed E-state index contributed by atoms with van der Waals surface area (Å²) in [6.45, 7) is 0. The maximum absolute atomic E-state index is 13.8. The molecule has 0 atom stereocenters. The Morgan fingerprint density at radius 3 is 2.36 bits per heavy atom. The van der Waals surface area contributed by atoms with Crippen LogP contribution in [-0.4, -0.2) is 21.0 Å². The quantitative estimate of drug-likeness (QED) is 0.475. The van der Waals surface area contributed by atoms with E-state index in [9.17, 15) is 26.0 Å². The second-order valence-corrected chi connectivity index (χ2v) is 6.01. The lowest BCUT2D eigenvalue weighted by Crippen LogP contribution is -2.28. The lowest BCUT2D eigenvalue weighted by Gasteiger charge is -2.13. The van der Waals surface area contributed by atoms with Gasteiger partial charge in [-0.05, 0) is 23.6 Å². The topological polar surface area (TPSA) is 52.6 Å². The predicted molar refractivity (Wildman–Crippen MR) is 71.1 cm³/mol. The fraction of sp³-hybridized carbons (Fsp3) is 0.167. The van der Waals surface area contributed by atoms with Crippen LogP contribution in [-0.2, 0) is 10.1 Å². The third kappa shape index (κ3) is 2.91. The predicted octanol–water partition coefficient (Wildman–Crippen LogP) is 3.87. The molecule has 2 aromatic rings. The molecule has 2 rings (SSSR count). The smallest absolute Gasteiger partial charge is 0.497 e. The van der Waals surface area contributed by atoms with E-state index in [1.54, 1.807) is 0 Å². The van der Waals surface area contributed by atoms with E-state index in [-0.39, 0.29) is 21.5 Å². The Morgan fingerprint density at radius 1 is 1.18 bits per heavy atom. The van der Waals surface area contributed by atoms with Crippen LogP contribution in [0.3, 0.4) is 0 Å². The molecule has 0 aliphatic carbocycles. The Balaban J connectivity index is 2.71. The number of rotatable bonds is 3. The number of halogens is 5. The van der Waals surface area contributed by atoms with Crippen molar-refractivity contribution in [2.75, 3.05) is 7.11 Å². The van der Waals surface area contributed by atoms with Crippen molar-refractivity contribution in [2.45, 2.75) is 5.51 Å². The molecule has 0 bridgehead atoms. The molecule has 0 aliphatic rings. The van der Waals surface area contributed by atoms with E-state index in [0.29, 0.717) is 0 Å². The minimum Gasteiger partial charge on any atom is -0.497 e. The van der Waals surface area contributed by atoms with Crippen LogP contribution in [0.25, 0.3) is 10.8 Å². The van der Waals surface area contributed by atoms with Gasteiger partial charge in [0.25, 0.3) is 0 Å². The van der Waals surface area contributed by atoms with Gasteiger partial charge in [-0.2, -0.15) is 21.6 Å². The van der Waals surface area contributed by atoms with Crippen molar-refractivity contribution in [3.05, 3.63) is 35.1 Å². The number of fused-ring (bicyclic) bond motifs is 1. The molecule has 4 nitrogen and oxygen atoms in total. The summed E-state index contributed by atoms with van der Waals surface area (Å²) in [5.74, 6) is -2.16. The van der Waals surface area contributed by atoms with Crippen LogP contribution in [0.2, 0.25) is 5.02 Å². The Morgan fingerprint density at radius 2 is 1.82 bits per heavy atom. The minimum absolute atomic E-state index is 0.151. The van der Waals surface area contributed by atoms with Gasteiger partial charge in [0.1, 0.15) is 5.75 Å². The summed E-state index contributed by atoms with van der Waals surface area (Å²) in [6, 6.07) is 4.50. The fourth-order valence-electron chi connectivity index (χ4n) is 1.69. The zero-order valence-corrected chi connectivity index (χ0v) is 12.3. The van der Waals surface area contributed by atoms with E-state index < -0.39 is 27.2 Å². The molecule has 0 spiro atoms. The molecule has 0 radical (unpaired) electrons. The standard InChI is InChI=1S/C12H7ClF4O4S/c1-20-7-4-6-2-3-9(14)11(10(6)8(13)5-7)21-22(18,19)12(15,16)17/h2-5H,1H3. The minimum atomic E-state index is -6.03. The van der Waals surface area contributed by atoms with Gasteiger partial charge in [0.05, 0.1) is 12.1 Å². The molecular formula is C12H7ClF4O4S. The molecule has 22 heavy (non-hydrogen) atoms. The number of benzene rings is 2. The highest BCUT2D eigenvalue weighted by atomic mass is 35.5. The molecule has 10 heteroatoms. The van der Waals surface area contributed by atoms with E-state index in [1.165, 1.54) is 25.3 Å². The van der Waals surface area contributed by atoms with Gasteiger partial charge in [-0.25, -0.2) is 4.39 Å². The summed E-state index contributed by atoms with van der Waals surface area (Å²) >= 11 is 5.86. The van der Waals surface area contributed by atoms with Gasteiger partial charge in [-0.15, -0.1) is 0 Å². The Labute approximate surface area is 127 Å². The van der Waals surface area contributed by atoms with Gasteiger partial charge in [-0.3, -0.25) is 0 Å². The molecule has 0 unspecified atom stereocenters. The lowest BCUT2D eigenvalue weighted by molar-refractivity contribution is -0.0500. The van der Waals surface area contributed by atoms with E-state index in [2.05, 4.69) is 4.18 Å². The van der Waals surface area contributed by atoms with Crippen LogP contribution in [0.5, 0.6) is 11.5 Å². The molecule has 0 heterocycles. The Bertz CT molecular complexity index is 833. The maximum atomic E-state index is 13.8. The van der Waals surface area contributed by atoms with Crippen molar-refractivity contribution < 1.29 is 34.9 Å². The van der Waals surface area contributed by atoms with Gasteiger partial charge in [0.2, 0.25) is 0 Å². The van der Waals surface area contributed by atoms with Gasteiger partial charge >= 0.3 is 15.6 Å².